The molecule has 0 radical (unpaired) electrons. The van der Waals surface area contributed by atoms with E-state index < -0.39 is 11.3 Å². The number of hydrogen-bond acceptors (Lipinski definition) is 7. The first kappa shape index (κ1) is 19.3. The van der Waals surface area contributed by atoms with Crippen molar-refractivity contribution in [3.8, 4) is 29.7 Å². The summed E-state index contributed by atoms with van der Waals surface area (Å²) in [5.41, 5.74) is 6.45. The van der Waals surface area contributed by atoms with Gasteiger partial charge in [0.1, 0.15) is 6.07 Å². The highest BCUT2D eigenvalue weighted by Gasteiger charge is 2.54. The number of nitrogens with zero attached hydrogens (tertiary/aromatic N) is 4. The van der Waals surface area contributed by atoms with Crippen LogP contribution in [0.3, 0.4) is 0 Å². The van der Waals surface area contributed by atoms with Crippen molar-refractivity contribution in [1.29, 1.82) is 15.8 Å². The second-order valence-electron chi connectivity index (χ2n) is 7.01. The summed E-state index contributed by atoms with van der Waals surface area (Å²) < 4.78 is 10.7. The highest BCUT2D eigenvalue weighted by molar-refractivity contribution is 5.60. The van der Waals surface area contributed by atoms with Crippen molar-refractivity contribution in [2.45, 2.75) is 5.92 Å². The van der Waals surface area contributed by atoms with Gasteiger partial charge in [0.25, 0.3) is 0 Å². The van der Waals surface area contributed by atoms with Crippen LogP contribution in [0.4, 0.5) is 0 Å². The Morgan fingerprint density at radius 2 is 1.82 bits per heavy atom. The number of allylic oxidation sites excluding steroid dienone is 2. The number of likely N-dealkylation sites (N-methyl/N-ethyl adjacent to an activating group) is 1. The summed E-state index contributed by atoms with van der Waals surface area (Å²) in [5.74, 6) is 0.291. The third-order valence-electron chi connectivity index (χ3n) is 5.61. The first-order valence-electron chi connectivity index (χ1n) is 8.81. The third kappa shape index (κ3) is 2.67. The summed E-state index contributed by atoms with van der Waals surface area (Å²) in [7, 11) is 5.04. The maximum Gasteiger partial charge on any atom is 0.191 e. The molecule has 0 aromatic heterocycles. The normalized spacial score (nSPS) is 23.5. The smallest absolute Gasteiger partial charge is 0.191 e. The van der Waals surface area contributed by atoms with Crippen molar-refractivity contribution >= 4 is 0 Å². The molecule has 0 amide bonds. The maximum atomic E-state index is 10.1. The van der Waals surface area contributed by atoms with Crippen molar-refractivity contribution in [3.05, 3.63) is 46.7 Å². The van der Waals surface area contributed by atoms with Gasteiger partial charge in [-0.25, -0.2) is 0 Å². The predicted molar refractivity (Wildman–Crippen MR) is 102 cm³/mol. The van der Waals surface area contributed by atoms with Gasteiger partial charge in [-0.2, -0.15) is 15.8 Å². The molecule has 1 heterocycles. The van der Waals surface area contributed by atoms with Crippen LogP contribution in [0.1, 0.15) is 11.5 Å². The minimum Gasteiger partial charge on any atom is -0.493 e. The number of rotatable bonds is 3. The lowest BCUT2D eigenvalue weighted by molar-refractivity contribution is 0.237. The molecule has 0 fully saturated rings. The highest BCUT2D eigenvalue weighted by Crippen LogP contribution is 2.54. The van der Waals surface area contributed by atoms with E-state index in [0.29, 0.717) is 24.6 Å². The molecular weight excluding hydrogens is 354 g/mol. The topological polar surface area (TPSA) is 119 Å². The van der Waals surface area contributed by atoms with Crippen LogP contribution < -0.4 is 15.2 Å². The number of fused-ring (bicyclic) bond motifs is 1. The van der Waals surface area contributed by atoms with Crippen molar-refractivity contribution < 1.29 is 9.47 Å². The molecule has 0 saturated carbocycles. The van der Waals surface area contributed by atoms with Gasteiger partial charge in [-0.05, 0) is 30.3 Å². The molecule has 1 aliphatic carbocycles. The largest absolute Gasteiger partial charge is 0.493 e. The van der Waals surface area contributed by atoms with Crippen LogP contribution >= 0.6 is 0 Å². The quantitative estimate of drug-likeness (QED) is 0.858. The molecular formula is C21H21N5O2. The summed E-state index contributed by atoms with van der Waals surface area (Å²) >= 11 is 0. The monoisotopic (exact) mass is 375 g/mol. The molecule has 142 valence electrons. The Kier molecular flexibility index (Phi) is 5.01. The average molecular weight is 375 g/mol. The summed E-state index contributed by atoms with van der Waals surface area (Å²) in [6, 6.07) is 11.7. The lowest BCUT2D eigenvalue weighted by atomic mass is 9.58. The molecule has 7 heteroatoms. The zero-order valence-electron chi connectivity index (χ0n) is 16.1. The lowest BCUT2D eigenvalue weighted by Crippen LogP contribution is -2.47. The molecule has 1 aliphatic heterocycles. The Hall–Kier alpha value is -3.47. The van der Waals surface area contributed by atoms with E-state index in [9.17, 15) is 15.8 Å². The molecule has 0 unspecified atom stereocenters. The summed E-state index contributed by atoms with van der Waals surface area (Å²) in [5, 5.41) is 29.8. The Labute approximate surface area is 164 Å². The number of methoxy groups -OCH3 is 2. The van der Waals surface area contributed by atoms with Gasteiger partial charge >= 0.3 is 0 Å². The van der Waals surface area contributed by atoms with E-state index in [1.807, 2.05) is 19.2 Å². The van der Waals surface area contributed by atoms with Crippen LogP contribution in [0, 0.1) is 45.3 Å². The Morgan fingerprint density at radius 1 is 1.14 bits per heavy atom. The zero-order chi connectivity index (χ0) is 20.5. The third-order valence-corrected chi connectivity index (χ3v) is 5.61. The highest BCUT2D eigenvalue weighted by atomic mass is 16.5. The summed E-state index contributed by atoms with van der Waals surface area (Å²) in [4.78, 5) is 2.10. The summed E-state index contributed by atoms with van der Waals surface area (Å²) in [6.45, 7) is 1.28. The molecule has 1 aromatic rings. The predicted octanol–water partition coefficient (Wildman–Crippen LogP) is 2.06. The number of hydrogen-bond donors (Lipinski definition) is 1. The first-order valence-corrected chi connectivity index (χ1v) is 8.81. The molecule has 7 nitrogen and oxygen atoms in total. The van der Waals surface area contributed by atoms with Crippen LogP contribution in [0.15, 0.2) is 41.1 Å². The fraction of sp³-hybridized carbons (Fsp3) is 0.381. The fourth-order valence-electron chi connectivity index (χ4n) is 4.25. The molecule has 0 saturated heterocycles. The van der Waals surface area contributed by atoms with E-state index in [4.69, 9.17) is 15.2 Å². The molecule has 2 aliphatic rings. The molecule has 3 rings (SSSR count). The zero-order valence-corrected chi connectivity index (χ0v) is 16.1. The van der Waals surface area contributed by atoms with Crippen molar-refractivity contribution in [3.63, 3.8) is 0 Å². The van der Waals surface area contributed by atoms with Gasteiger partial charge in [-0.15, -0.1) is 0 Å². The van der Waals surface area contributed by atoms with E-state index in [0.717, 1.165) is 11.1 Å². The molecule has 28 heavy (non-hydrogen) atoms. The minimum absolute atomic E-state index is 0.0202. The molecule has 2 N–H and O–H groups in total. The van der Waals surface area contributed by atoms with Crippen molar-refractivity contribution in [2.75, 3.05) is 34.4 Å². The second kappa shape index (κ2) is 7.27. The molecule has 2 atom stereocenters. The standard InChI is InChI=1S/C21H21N5O2/c1-26-7-6-14-15(9-22)20(25)21(11-23,12-24)19(16(14)10-26)13-4-5-17(27-2)18(8-13)28-3/h4-6,8,16,19H,7,10,25H2,1-3H3/t16-,19+/m0/s1. The first-order chi connectivity index (χ1) is 13.5. The van der Waals surface area contributed by atoms with Crippen LogP contribution in [-0.4, -0.2) is 39.3 Å². The lowest BCUT2D eigenvalue weighted by Gasteiger charge is -2.45. The summed E-state index contributed by atoms with van der Waals surface area (Å²) in [6.07, 6.45) is 1.96. The van der Waals surface area contributed by atoms with Gasteiger partial charge in [-0.1, -0.05) is 12.1 Å². The fourth-order valence-corrected chi connectivity index (χ4v) is 4.25. The van der Waals surface area contributed by atoms with E-state index in [1.54, 1.807) is 19.2 Å². The Balaban J connectivity index is 2.32. The van der Waals surface area contributed by atoms with Gasteiger partial charge in [0.2, 0.25) is 0 Å². The number of ether oxygens (including phenoxy) is 2. The molecule has 0 spiro atoms. The van der Waals surface area contributed by atoms with Crippen LogP contribution in [0.2, 0.25) is 0 Å². The van der Waals surface area contributed by atoms with E-state index in [-0.39, 0.29) is 17.2 Å². The second-order valence-corrected chi connectivity index (χ2v) is 7.01. The average Bonchev–Trinajstić information content (AvgIpc) is 2.72. The van der Waals surface area contributed by atoms with Crippen LogP contribution in [0.25, 0.3) is 0 Å². The van der Waals surface area contributed by atoms with Gasteiger partial charge in [0.15, 0.2) is 16.9 Å². The van der Waals surface area contributed by atoms with E-state index in [2.05, 4.69) is 23.1 Å². The SMILES string of the molecule is COc1ccc([C@@H]2[C@H]3CN(C)CC=C3C(C#N)=C(N)C2(C#N)C#N)cc1OC. The van der Waals surface area contributed by atoms with Gasteiger partial charge in [0.05, 0.1) is 37.6 Å². The van der Waals surface area contributed by atoms with Gasteiger partial charge in [-0.3, -0.25) is 0 Å². The number of benzene rings is 1. The van der Waals surface area contributed by atoms with Gasteiger partial charge in [0, 0.05) is 24.9 Å². The molecule has 0 bridgehead atoms. The van der Waals surface area contributed by atoms with Crippen LogP contribution in [-0.2, 0) is 0 Å². The Morgan fingerprint density at radius 3 is 2.39 bits per heavy atom. The number of nitrogens with two attached hydrogens (primary N) is 1. The van der Waals surface area contributed by atoms with Crippen molar-refractivity contribution in [1.82, 2.24) is 4.90 Å². The minimum atomic E-state index is -1.65. The number of nitriles is 3. The molecule has 1 aromatic carbocycles. The Bertz CT molecular complexity index is 976. The van der Waals surface area contributed by atoms with Crippen LogP contribution in [0.5, 0.6) is 11.5 Å². The van der Waals surface area contributed by atoms with E-state index in [1.165, 1.54) is 7.11 Å². The van der Waals surface area contributed by atoms with Gasteiger partial charge < -0.3 is 20.1 Å². The van der Waals surface area contributed by atoms with E-state index >= 15 is 0 Å². The maximum absolute atomic E-state index is 10.1. The van der Waals surface area contributed by atoms with Crippen molar-refractivity contribution in [2.24, 2.45) is 17.1 Å².